The van der Waals surface area contributed by atoms with Gasteiger partial charge < -0.3 is 0 Å². The van der Waals surface area contributed by atoms with Gasteiger partial charge in [0.2, 0.25) is 0 Å². The average Bonchev–Trinajstić information content (AvgIpc) is 1.97. The van der Waals surface area contributed by atoms with Crippen LogP contribution in [0.3, 0.4) is 0 Å². The zero-order valence-corrected chi connectivity index (χ0v) is 8.45. The monoisotopic (exact) mass is 212 g/mol. The van der Waals surface area contributed by atoms with Crippen LogP contribution in [0.15, 0.2) is 34.4 Å². The van der Waals surface area contributed by atoms with Crippen molar-refractivity contribution in [3.05, 3.63) is 34.4 Å². The maximum Gasteiger partial charge on any atom is 0.0207 e. The predicted molar refractivity (Wildman–Crippen MR) is 53.8 cm³/mol. The average molecular weight is 213 g/mol. The SMILES string of the molecule is C=C1CCC=C(Br)/C1=C/CC. The maximum absolute atomic E-state index is 4.03. The Morgan fingerprint density at radius 2 is 2.45 bits per heavy atom. The second-order valence-electron chi connectivity index (χ2n) is 2.72. The molecule has 1 heteroatoms. The first-order chi connectivity index (χ1) is 5.25. The van der Waals surface area contributed by atoms with Gasteiger partial charge in [0, 0.05) is 4.48 Å². The molecule has 0 nitrogen and oxygen atoms in total. The van der Waals surface area contributed by atoms with E-state index in [1.807, 2.05) is 0 Å². The van der Waals surface area contributed by atoms with Crippen molar-refractivity contribution < 1.29 is 0 Å². The van der Waals surface area contributed by atoms with E-state index >= 15 is 0 Å². The normalized spacial score (nSPS) is 22.2. The summed E-state index contributed by atoms with van der Waals surface area (Å²) in [6, 6.07) is 0. The van der Waals surface area contributed by atoms with Gasteiger partial charge in [0.1, 0.15) is 0 Å². The summed E-state index contributed by atoms with van der Waals surface area (Å²) in [4.78, 5) is 0. The fourth-order valence-corrected chi connectivity index (χ4v) is 1.90. The van der Waals surface area contributed by atoms with Gasteiger partial charge in [-0.25, -0.2) is 0 Å². The highest BCUT2D eigenvalue weighted by atomic mass is 79.9. The second kappa shape index (κ2) is 3.91. The summed E-state index contributed by atoms with van der Waals surface area (Å²) < 4.78 is 1.22. The Bertz CT molecular complexity index is 221. The number of rotatable bonds is 1. The van der Waals surface area contributed by atoms with Gasteiger partial charge >= 0.3 is 0 Å². The summed E-state index contributed by atoms with van der Waals surface area (Å²) in [5.41, 5.74) is 2.57. The molecular formula is C10H13Br. The van der Waals surface area contributed by atoms with Crippen LogP contribution in [0.25, 0.3) is 0 Å². The molecule has 1 aliphatic carbocycles. The molecule has 1 rings (SSSR count). The van der Waals surface area contributed by atoms with Crippen molar-refractivity contribution >= 4 is 15.9 Å². The van der Waals surface area contributed by atoms with Crippen LogP contribution in [-0.2, 0) is 0 Å². The van der Waals surface area contributed by atoms with Crippen molar-refractivity contribution in [3.63, 3.8) is 0 Å². The fourth-order valence-electron chi connectivity index (χ4n) is 1.23. The van der Waals surface area contributed by atoms with Crippen LogP contribution in [0.5, 0.6) is 0 Å². The Hall–Kier alpha value is -0.300. The lowest BCUT2D eigenvalue weighted by Crippen LogP contribution is -1.94. The lowest BCUT2D eigenvalue weighted by Gasteiger charge is -2.14. The minimum Gasteiger partial charge on any atom is -0.0952 e. The number of hydrogen-bond acceptors (Lipinski definition) is 0. The molecular weight excluding hydrogens is 200 g/mol. The Morgan fingerprint density at radius 3 is 3.00 bits per heavy atom. The maximum atomic E-state index is 4.03. The van der Waals surface area contributed by atoms with E-state index in [0.29, 0.717) is 0 Å². The molecule has 0 aromatic rings. The van der Waals surface area contributed by atoms with E-state index in [1.165, 1.54) is 15.6 Å². The lowest BCUT2D eigenvalue weighted by molar-refractivity contribution is 0.963. The second-order valence-corrected chi connectivity index (χ2v) is 3.57. The van der Waals surface area contributed by atoms with Crippen molar-refractivity contribution in [2.24, 2.45) is 0 Å². The summed E-state index contributed by atoms with van der Waals surface area (Å²) in [7, 11) is 0. The van der Waals surface area contributed by atoms with Gasteiger partial charge in [0.25, 0.3) is 0 Å². The molecule has 0 bridgehead atoms. The highest BCUT2D eigenvalue weighted by molar-refractivity contribution is 9.12. The van der Waals surface area contributed by atoms with E-state index in [1.54, 1.807) is 0 Å². The van der Waals surface area contributed by atoms with Crippen molar-refractivity contribution in [2.75, 3.05) is 0 Å². The van der Waals surface area contributed by atoms with Crippen LogP contribution in [0, 0.1) is 0 Å². The highest BCUT2D eigenvalue weighted by Crippen LogP contribution is 2.31. The predicted octanol–water partition coefficient (Wildman–Crippen LogP) is 3.95. The Balaban J connectivity index is 2.89. The molecule has 1 aliphatic rings. The first kappa shape index (κ1) is 8.79. The molecule has 11 heavy (non-hydrogen) atoms. The molecule has 0 N–H and O–H groups in total. The van der Waals surface area contributed by atoms with Crippen LogP contribution in [0.1, 0.15) is 26.2 Å². The molecule has 0 aromatic heterocycles. The minimum atomic E-state index is 1.08. The topological polar surface area (TPSA) is 0 Å². The van der Waals surface area contributed by atoms with E-state index in [2.05, 4.69) is 41.6 Å². The standard InChI is InChI=1S/C10H13Br/c1-3-5-9-8(2)6-4-7-10(9)11/h5,7H,2-4,6H2,1H3/b9-5+. The molecule has 0 saturated heterocycles. The summed E-state index contributed by atoms with van der Waals surface area (Å²) >= 11 is 3.53. The van der Waals surface area contributed by atoms with Crippen molar-refractivity contribution in [2.45, 2.75) is 26.2 Å². The van der Waals surface area contributed by atoms with Gasteiger partial charge in [-0.1, -0.05) is 41.6 Å². The van der Waals surface area contributed by atoms with Crippen LogP contribution in [-0.4, -0.2) is 0 Å². The third kappa shape index (κ3) is 2.06. The van der Waals surface area contributed by atoms with E-state index < -0.39 is 0 Å². The lowest BCUT2D eigenvalue weighted by atomic mass is 9.96. The van der Waals surface area contributed by atoms with Crippen molar-refractivity contribution in [1.82, 2.24) is 0 Å². The molecule has 0 aromatic carbocycles. The van der Waals surface area contributed by atoms with Crippen LogP contribution < -0.4 is 0 Å². The Kier molecular flexibility index (Phi) is 3.13. The molecule has 0 spiro atoms. The van der Waals surface area contributed by atoms with E-state index in [9.17, 15) is 0 Å². The smallest absolute Gasteiger partial charge is 0.0207 e. The Labute approximate surface area is 76.8 Å². The van der Waals surface area contributed by atoms with Gasteiger partial charge in [-0.3, -0.25) is 0 Å². The molecule has 0 amide bonds. The number of halogens is 1. The van der Waals surface area contributed by atoms with Crippen LogP contribution in [0.4, 0.5) is 0 Å². The van der Waals surface area contributed by atoms with Crippen molar-refractivity contribution in [1.29, 1.82) is 0 Å². The highest BCUT2D eigenvalue weighted by Gasteiger charge is 2.09. The van der Waals surface area contributed by atoms with E-state index in [-0.39, 0.29) is 0 Å². The van der Waals surface area contributed by atoms with Gasteiger partial charge in [-0.15, -0.1) is 0 Å². The number of allylic oxidation sites excluding steroid dienone is 5. The molecule has 0 saturated carbocycles. The minimum absolute atomic E-state index is 1.08. The largest absolute Gasteiger partial charge is 0.0952 e. The summed E-state index contributed by atoms with van der Waals surface area (Å²) in [5, 5.41) is 0. The molecule has 0 unspecified atom stereocenters. The summed E-state index contributed by atoms with van der Waals surface area (Å²) in [6.45, 7) is 6.17. The molecule has 0 atom stereocenters. The van der Waals surface area contributed by atoms with Gasteiger partial charge in [0.15, 0.2) is 0 Å². The summed E-state index contributed by atoms with van der Waals surface area (Å²) in [6.07, 6.45) is 7.76. The molecule has 0 radical (unpaired) electrons. The van der Waals surface area contributed by atoms with Crippen molar-refractivity contribution in [3.8, 4) is 0 Å². The van der Waals surface area contributed by atoms with Gasteiger partial charge in [-0.05, 0) is 30.4 Å². The van der Waals surface area contributed by atoms with E-state index in [0.717, 1.165) is 19.3 Å². The first-order valence-electron chi connectivity index (χ1n) is 4.00. The van der Waals surface area contributed by atoms with E-state index in [4.69, 9.17) is 0 Å². The summed E-state index contributed by atoms with van der Waals surface area (Å²) in [5.74, 6) is 0. The fraction of sp³-hybridized carbons (Fsp3) is 0.400. The quantitative estimate of drug-likeness (QED) is 0.618. The van der Waals surface area contributed by atoms with Gasteiger partial charge in [0.05, 0.1) is 0 Å². The zero-order chi connectivity index (χ0) is 8.27. The zero-order valence-electron chi connectivity index (χ0n) is 6.86. The first-order valence-corrected chi connectivity index (χ1v) is 4.79. The number of hydrogen-bond donors (Lipinski definition) is 0. The molecule has 60 valence electrons. The molecule has 0 heterocycles. The third-order valence-electron chi connectivity index (χ3n) is 1.82. The third-order valence-corrected chi connectivity index (χ3v) is 2.57. The van der Waals surface area contributed by atoms with Gasteiger partial charge in [-0.2, -0.15) is 0 Å². The molecule has 0 aliphatic heterocycles. The Morgan fingerprint density at radius 1 is 1.73 bits per heavy atom. The molecule has 0 fully saturated rings. The van der Waals surface area contributed by atoms with Crippen LogP contribution in [0.2, 0.25) is 0 Å². The van der Waals surface area contributed by atoms with Crippen LogP contribution >= 0.6 is 15.9 Å².